The van der Waals surface area contributed by atoms with Gasteiger partial charge in [-0.1, -0.05) is 0 Å². The molecule has 0 aliphatic carbocycles. The van der Waals surface area contributed by atoms with Crippen LogP contribution < -0.4 is 11.1 Å². The van der Waals surface area contributed by atoms with Crippen LogP contribution in [-0.4, -0.2) is 27.0 Å². The number of nitrogens with two attached hydrogens (primary N) is 1. The quantitative estimate of drug-likeness (QED) is 0.635. The molecule has 0 spiro atoms. The van der Waals surface area contributed by atoms with Crippen molar-refractivity contribution in [1.29, 1.82) is 0 Å². The smallest absolute Gasteiger partial charge is 0.412 e. The third kappa shape index (κ3) is 3.88. The minimum Gasteiger partial charge on any atom is -0.508 e. The highest BCUT2D eigenvalue weighted by Crippen LogP contribution is 2.31. The minimum absolute atomic E-state index is 0.0629. The molecule has 0 bridgehead atoms. The summed E-state index contributed by atoms with van der Waals surface area (Å²) in [6.07, 6.45) is -0.582. The Morgan fingerprint density at radius 1 is 1.38 bits per heavy atom. The number of hydrogen-bond acceptors (Lipinski definition) is 5. The van der Waals surface area contributed by atoms with Gasteiger partial charge >= 0.3 is 6.09 Å². The van der Waals surface area contributed by atoms with Crippen LogP contribution in [0.4, 0.5) is 16.3 Å². The van der Waals surface area contributed by atoms with Gasteiger partial charge in [0.15, 0.2) is 0 Å². The van der Waals surface area contributed by atoms with Crippen molar-refractivity contribution in [2.24, 2.45) is 0 Å². The van der Waals surface area contributed by atoms with Crippen molar-refractivity contribution in [2.45, 2.75) is 26.4 Å². The Hall–Kier alpha value is -2.70. The van der Waals surface area contributed by atoms with Gasteiger partial charge in [0.1, 0.15) is 17.2 Å². The molecule has 21 heavy (non-hydrogen) atoms. The monoisotopic (exact) mass is 290 g/mol. The molecule has 1 heterocycles. The molecule has 1 aromatic heterocycles. The molecule has 2 aromatic rings. The van der Waals surface area contributed by atoms with Gasteiger partial charge in [-0.3, -0.25) is 10.4 Å². The number of aromatic nitrogens is 2. The van der Waals surface area contributed by atoms with E-state index in [2.05, 4.69) is 15.5 Å². The van der Waals surface area contributed by atoms with Crippen molar-refractivity contribution in [3.05, 3.63) is 24.3 Å². The van der Waals surface area contributed by atoms with Crippen LogP contribution in [0.2, 0.25) is 0 Å². The first-order valence-corrected chi connectivity index (χ1v) is 6.39. The number of H-pyrrole nitrogens is 1. The normalized spacial score (nSPS) is 11.2. The molecule has 0 saturated heterocycles. The van der Waals surface area contributed by atoms with E-state index >= 15 is 0 Å². The number of phenols is 1. The van der Waals surface area contributed by atoms with Crippen molar-refractivity contribution in [1.82, 2.24) is 10.2 Å². The van der Waals surface area contributed by atoms with E-state index in [-0.39, 0.29) is 5.75 Å². The number of amides is 1. The standard InChI is InChI=1S/C14H18N4O3/c1-14(2,3)21-13(20)16-10-5-4-8(19)6-9(10)11-7-12(15)18-17-11/h4-7,19H,1-3H3,(H,16,20)(H3,15,17,18). The van der Waals surface area contributed by atoms with Gasteiger partial charge in [-0.05, 0) is 39.0 Å². The Kier molecular flexibility index (Phi) is 3.75. The Bertz CT molecular complexity index is 658. The van der Waals surface area contributed by atoms with E-state index in [4.69, 9.17) is 10.5 Å². The molecule has 0 aliphatic rings. The average Bonchev–Trinajstić information content (AvgIpc) is 2.75. The lowest BCUT2D eigenvalue weighted by atomic mass is 10.1. The van der Waals surface area contributed by atoms with E-state index in [1.165, 1.54) is 12.1 Å². The number of aromatic amines is 1. The van der Waals surface area contributed by atoms with E-state index < -0.39 is 11.7 Å². The topological polar surface area (TPSA) is 113 Å². The number of carbonyl (C=O) groups is 1. The van der Waals surface area contributed by atoms with Crippen LogP contribution in [0, 0.1) is 0 Å². The summed E-state index contributed by atoms with van der Waals surface area (Å²) in [5.41, 5.74) is 6.59. The van der Waals surface area contributed by atoms with Gasteiger partial charge in [-0.25, -0.2) is 4.79 Å². The number of anilines is 2. The van der Waals surface area contributed by atoms with Gasteiger partial charge in [-0.2, -0.15) is 5.10 Å². The third-order valence-corrected chi connectivity index (χ3v) is 2.53. The molecule has 1 aromatic carbocycles. The Balaban J connectivity index is 2.30. The molecule has 0 unspecified atom stereocenters. The van der Waals surface area contributed by atoms with Crippen LogP contribution in [0.5, 0.6) is 5.75 Å². The highest BCUT2D eigenvalue weighted by Gasteiger charge is 2.18. The summed E-state index contributed by atoms with van der Waals surface area (Å²) in [5, 5.41) is 18.8. The molecule has 0 aliphatic heterocycles. The predicted molar refractivity (Wildman–Crippen MR) is 80.0 cm³/mol. The second-order valence-electron chi connectivity index (χ2n) is 5.56. The average molecular weight is 290 g/mol. The lowest BCUT2D eigenvalue weighted by molar-refractivity contribution is 0.0636. The first-order valence-electron chi connectivity index (χ1n) is 6.39. The minimum atomic E-state index is -0.598. The fourth-order valence-electron chi connectivity index (χ4n) is 1.75. The zero-order chi connectivity index (χ0) is 15.6. The molecule has 5 N–H and O–H groups in total. The Labute approximate surface area is 122 Å². The van der Waals surface area contributed by atoms with Crippen LogP contribution in [-0.2, 0) is 4.74 Å². The third-order valence-electron chi connectivity index (χ3n) is 2.53. The van der Waals surface area contributed by atoms with Gasteiger partial charge in [-0.15, -0.1) is 0 Å². The maximum Gasteiger partial charge on any atom is 0.412 e. The van der Waals surface area contributed by atoms with Crippen molar-refractivity contribution < 1.29 is 14.6 Å². The zero-order valence-corrected chi connectivity index (χ0v) is 12.1. The van der Waals surface area contributed by atoms with Crippen molar-refractivity contribution in [3.8, 4) is 17.0 Å². The summed E-state index contributed by atoms with van der Waals surface area (Å²) in [6.45, 7) is 5.33. The molecule has 0 radical (unpaired) electrons. The van der Waals surface area contributed by atoms with Crippen molar-refractivity contribution in [3.63, 3.8) is 0 Å². The molecular formula is C14H18N4O3. The number of phenolic OH excluding ortho intramolecular Hbond substituents is 1. The van der Waals surface area contributed by atoms with Gasteiger partial charge in [0.25, 0.3) is 0 Å². The summed E-state index contributed by atoms with van der Waals surface area (Å²) in [4.78, 5) is 11.9. The molecule has 7 heteroatoms. The van der Waals surface area contributed by atoms with Crippen LogP contribution in [0.1, 0.15) is 20.8 Å². The summed E-state index contributed by atoms with van der Waals surface area (Å²) >= 11 is 0. The fourth-order valence-corrected chi connectivity index (χ4v) is 1.75. The molecule has 0 atom stereocenters. The number of hydrogen-bond donors (Lipinski definition) is 4. The van der Waals surface area contributed by atoms with Crippen molar-refractivity contribution >= 4 is 17.6 Å². The van der Waals surface area contributed by atoms with Gasteiger partial charge in [0, 0.05) is 11.6 Å². The predicted octanol–water partition coefficient (Wildman–Crippen LogP) is 2.71. The number of benzene rings is 1. The molecule has 0 fully saturated rings. The lowest BCUT2D eigenvalue weighted by Crippen LogP contribution is -2.27. The first kappa shape index (κ1) is 14.7. The molecule has 112 valence electrons. The highest BCUT2D eigenvalue weighted by molar-refractivity contribution is 5.91. The second kappa shape index (κ2) is 5.35. The van der Waals surface area contributed by atoms with Gasteiger partial charge < -0.3 is 15.6 Å². The molecular weight excluding hydrogens is 272 g/mol. The number of aromatic hydroxyl groups is 1. The molecule has 7 nitrogen and oxygen atoms in total. The lowest BCUT2D eigenvalue weighted by Gasteiger charge is -2.20. The van der Waals surface area contributed by atoms with E-state index in [0.29, 0.717) is 22.8 Å². The fraction of sp³-hybridized carbons (Fsp3) is 0.286. The largest absolute Gasteiger partial charge is 0.508 e. The SMILES string of the molecule is CC(C)(C)OC(=O)Nc1ccc(O)cc1-c1cc(N)n[nH]1. The molecule has 0 saturated carbocycles. The Morgan fingerprint density at radius 2 is 2.10 bits per heavy atom. The van der Waals surface area contributed by atoms with Crippen LogP contribution in [0.3, 0.4) is 0 Å². The zero-order valence-electron chi connectivity index (χ0n) is 12.1. The number of nitrogens with one attached hydrogen (secondary N) is 2. The number of nitrogen functional groups attached to an aromatic ring is 1. The second-order valence-corrected chi connectivity index (χ2v) is 5.56. The molecule has 2 rings (SSSR count). The number of nitrogens with zero attached hydrogens (tertiary/aromatic N) is 1. The summed E-state index contributed by atoms with van der Waals surface area (Å²) < 4.78 is 5.20. The van der Waals surface area contributed by atoms with Crippen LogP contribution >= 0.6 is 0 Å². The number of rotatable bonds is 2. The van der Waals surface area contributed by atoms with E-state index in [1.54, 1.807) is 32.9 Å². The van der Waals surface area contributed by atoms with Gasteiger partial charge in [0.05, 0.1) is 11.4 Å². The maximum atomic E-state index is 11.9. The maximum absolute atomic E-state index is 11.9. The summed E-state index contributed by atoms with van der Waals surface area (Å²) in [5.74, 6) is 0.379. The van der Waals surface area contributed by atoms with Crippen LogP contribution in [0.15, 0.2) is 24.3 Å². The first-order chi connectivity index (χ1) is 9.74. The van der Waals surface area contributed by atoms with Crippen LogP contribution in [0.25, 0.3) is 11.3 Å². The number of ether oxygens (including phenoxy) is 1. The molecule has 1 amide bonds. The van der Waals surface area contributed by atoms with E-state index in [1.807, 2.05) is 0 Å². The Morgan fingerprint density at radius 3 is 2.67 bits per heavy atom. The van der Waals surface area contributed by atoms with Crippen molar-refractivity contribution in [2.75, 3.05) is 11.1 Å². The van der Waals surface area contributed by atoms with Gasteiger partial charge in [0.2, 0.25) is 0 Å². The highest BCUT2D eigenvalue weighted by atomic mass is 16.6. The summed E-state index contributed by atoms with van der Waals surface area (Å²) in [6, 6.07) is 6.15. The number of carbonyl (C=O) groups excluding carboxylic acids is 1. The van der Waals surface area contributed by atoms with E-state index in [9.17, 15) is 9.90 Å². The summed E-state index contributed by atoms with van der Waals surface area (Å²) in [7, 11) is 0. The van der Waals surface area contributed by atoms with E-state index in [0.717, 1.165) is 0 Å².